The number of ether oxygens (including phenoxy) is 1. The average Bonchev–Trinajstić information content (AvgIpc) is 2.76. The Balaban J connectivity index is 1.82. The third kappa shape index (κ3) is 4.50. The van der Waals surface area contributed by atoms with E-state index in [0.29, 0.717) is 11.4 Å². The highest BCUT2D eigenvalue weighted by Gasteiger charge is 2.23. The average molecular weight is 437 g/mol. The molecule has 3 aromatic rings. The van der Waals surface area contributed by atoms with Crippen LogP contribution in [0.15, 0.2) is 30.5 Å². The summed E-state index contributed by atoms with van der Waals surface area (Å²) in [7, 11) is 2.09. The second-order valence-corrected chi connectivity index (χ2v) is 7.81. The molecule has 0 amide bonds. The zero-order valence-corrected chi connectivity index (χ0v) is 17.9. The Kier molecular flexibility index (Phi) is 5.95. The molecule has 9 nitrogen and oxygen atoms in total. The van der Waals surface area contributed by atoms with Gasteiger partial charge in [-0.1, -0.05) is 0 Å². The lowest BCUT2D eigenvalue weighted by Crippen LogP contribution is -2.29. The van der Waals surface area contributed by atoms with Gasteiger partial charge in [0.15, 0.2) is 17.4 Å². The number of esters is 1. The molecule has 32 heavy (non-hydrogen) atoms. The Hall–Kier alpha value is -3.66. The largest absolute Gasteiger partial charge is 0.424 e. The predicted molar refractivity (Wildman–Crippen MR) is 118 cm³/mol. The number of aromatic nitrogens is 4. The molecule has 4 heterocycles. The van der Waals surface area contributed by atoms with Gasteiger partial charge in [0.05, 0.1) is 11.4 Å². The molecule has 1 fully saturated rings. The number of pyridine rings is 2. The van der Waals surface area contributed by atoms with Crippen LogP contribution in [0.25, 0.3) is 22.6 Å². The molecule has 0 saturated carbocycles. The van der Waals surface area contributed by atoms with Crippen molar-refractivity contribution in [1.29, 1.82) is 0 Å². The summed E-state index contributed by atoms with van der Waals surface area (Å²) < 4.78 is 19.9. The molecule has 0 atom stereocenters. The number of nitrogen functional groups attached to an aromatic ring is 2. The lowest BCUT2D eigenvalue weighted by molar-refractivity contribution is -0.131. The van der Waals surface area contributed by atoms with Crippen LogP contribution in [0.3, 0.4) is 0 Å². The van der Waals surface area contributed by atoms with Gasteiger partial charge >= 0.3 is 5.97 Å². The molecule has 1 aliphatic rings. The van der Waals surface area contributed by atoms with E-state index in [4.69, 9.17) is 16.2 Å². The molecule has 0 unspecified atom stereocenters. The molecule has 4 rings (SSSR count). The van der Waals surface area contributed by atoms with Crippen LogP contribution in [0.4, 0.5) is 16.2 Å². The van der Waals surface area contributed by atoms with E-state index in [1.165, 1.54) is 19.2 Å². The molecule has 10 heteroatoms. The van der Waals surface area contributed by atoms with Gasteiger partial charge in [-0.3, -0.25) is 4.79 Å². The van der Waals surface area contributed by atoms with Gasteiger partial charge in [0.25, 0.3) is 0 Å². The van der Waals surface area contributed by atoms with Crippen LogP contribution >= 0.6 is 0 Å². The number of nitrogens with zero attached hydrogens (tertiary/aromatic N) is 5. The first-order chi connectivity index (χ1) is 15.3. The van der Waals surface area contributed by atoms with Crippen molar-refractivity contribution in [3.05, 3.63) is 42.0 Å². The first-order valence-corrected chi connectivity index (χ1v) is 10.2. The number of piperidine rings is 1. The molecule has 166 valence electrons. The Morgan fingerprint density at radius 3 is 2.59 bits per heavy atom. The number of hydrogen-bond donors (Lipinski definition) is 2. The minimum atomic E-state index is -0.680. The van der Waals surface area contributed by atoms with Crippen molar-refractivity contribution in [2.24, 2.45) is 0 Å². The maximum atomic E-state index is 14.6. The van der Waals surface area contributed by atoms with Gasteiger partial charge < -0.3 is 21.1 Å². The van der Waals surface area contributed by atoms with Crippen LogP contribution in [-0.2, 0) is 4.79 Å². The van der Waals surface area contributed by atoms with Crippen molar-refractivity contribution in [3.63, 3.8) is 0 Å². The van der Waals surface area contributed by atoms with Crippen LogP contribution in [0.2, 0.25) is 0 Å². The summed E-state index contributed by atoms with van der Waals surface area (Å²) >= 11 is 0. The van der Waals surface area contributed by atoms with Gasteiger partial charge in [-0.05, 0) is 57.2 Å². The van der Waals surface area contributed by atoms with Gasteiger partial charge in [-0.25, -0.2) is 24.3 Å². The summed E-state index contributed by atoms with van der Waals surface area (Å²) in [6.07, 6.45) is 3.28. The summed E-state index contributed by atoms with van der Waals surface area (Å²) in [4.78, 5) is 31.0. The van der Waals surface area contributed by atoms with Crippen LogP contribution < -0.4 is 16.2 Å². The standard InChI is InChI=1S/C22H24FN7O2/c1-12(31)32-18-4-3-15(14-5-8-26-21(24)19(14)23)27-20(18)17-11-16(28-22(25)29-17)13-6-9-30(2)10-7-13/h3-5,8,11,13H,6-7,9-10H2,1-2H3,(H2,24,26)(H2,25,28,29). The van der Waals surface area contributed by atoms with Gasteiger partial charge in [0.1, 0.15) is 5.69 Å². The number of hydrogen-bond acceptors (Lipinski definition) is 9. The van der Waals surface area contributed by atoms with E-state index in [1.54, 1.807) is 12.1 Å². The van der Waals surface area contributed by atoms with E-state index in [9.17, 15) is 9.18 Å². The zero-order chi connectivity index (χ0) is 22.8. The van der Waals surface area contributed by atoms with Gasteiger partial charge in [-0.15, -0.1) is 0 Å². The van der Waals surface area contributed by atoms with Crippen molar-refractivity contribution in [1.82, 2.24) is 24.8 Å². The number of anilines is 2. The van der Waals surface area contributed by atoms with E-state index < -0.39 is 11.8 Å². The monoisotopic (exact) mass is 437 g/mol. The second-order valence-electron chi connectivity index (χ2n) is 7.81. The maximum absolute atomic E-state index is 14.6. The molecule has 0 aromatic carbocycles. The molecule has 4 N–H and O–H groups in total. The van der Waals surface area contributed by atoms with Crippen molar-refractivity contribution in [3.8, 4) is 28.4 Å². The van der Waals surface area contributed by atoms with E-state index in [-0.39, 0.29) is 34.7 Å². The molecule has 0 bridgehead atoms. The predicted octanol–water partition coefficient (Wildman–Crippen LogP) is 2.64. The molecule has 3 aromatic heterocycles. The number of carbonyl (C=O) groups is 1. The minimum Gasteiger partial charge on any atom is -0.424 e. The lowest BCUT2D eigenvalue weighted by Gasteiger charge is -2.28. The first-order valence-electron chi connectivity index (χ1n) is 10.2. The van der Waals surface area contributed by atoms with Crippen molar-refractivity contribution >= 4 is 17.7 Å². The highest BCUT2D eigenvalue weighted by molar-refractivity contribution is 5.76. The number of nitrogens with two attached hydrogens (primary N) is 2. The van der Waals surface area contributed by atoms with Crippen LogP contribution in [0.1, 0.15) is 31.4 Å². The Bertz CT molecular complexity index is 1160. The highest BCUT2D eigenvalue weighted by atomic mass is 19.1. The fourth-order valence-electron chi connectivity index (χ4n) is 3.79. The molecule has 0 aliphatic carbocycles. The number of carbonyl (C=O) groups excluding carboxylic acids is 1. The molecule has 0 radical (unpaired) electrons. The molecule has 1 saturated heterocycles. The Morgan fingerprint density at radius 1 is 1.12 bits per heavy atom. The van der Waals surface area contributed by atoms with Crippen molar-refractivity contribution in [2.45, 2.75) is 25.7 Å². The maximum Gasteiger partial charge on any atom is 0.308 e. The molecule has 1 aliphatic heterocycles. The summed E-state index contributed by atoms with van der Waals surface area (Å²) in [6, 6.07) is 6.37. The number of rotatable bonds is 4. The Labute approximate surface area is 184 Å². The van der Waals surface area contributed by atoms with E-state index in [0.717, 1.165) is 31.6 Å². The summed E-state index contributed by atoms with van der Waals surface area (Å²) in [5.41, 5.74) is 13.6. The first kappa shape index (κ1) is 21.6. The lowest BCUT2D eigenvalue weighted by atomic mass is 9.93. The Morgan fingerprint density at radius 2 is 1.88 bits per heavy atom. The number of likely N-dealkylation sites (tertiary alicyclic amines) is 1. The van der Waals surface area contributed by atoms with Crippen LogP contribution in [0.5, 0.6) is 5.75 Å². The SMILES string of the molecule is CC(=O)Oc1ccc(-c2ccnc(N)c2F)nc1-c1cc(C2CCN(C)CC2)nc(N)n1. The number of halogens is 1. The fraction of sp³-hybridized carbons (Fsp3) is 0.318. The van der Waals surface area contributed by atoms with E-state index >= 15 is 0 Å². The third-order valence-corrected chi connectivity index (χ3v) is 5.45. The second kappa shape index (κ2) is 8.83. The topological polar surface area (TPSA) is 133 Å². The molecular formula is C22H24FN7O2. The molecule has 0 spiro atoms. The van der Waals surface area contributed by atoms with Crippen molar-refractivity contribution in [2.75, 3.05) is 31.6 Å². The van der Waals surface area contributed by atoms with Gasteiger partial charge in [0, 0.05) is 30.3 Å². The van der Waals surface area contributed by atoms with E-state index in [1.807, 2.05) is 6.07 Å². The van der Waals surface area contributed by atoms with E-state index in [2.05, 4.69) is 31.9 Å². The summed E-state index contributed by atoms with van der Waals surface area (Å²) in [6.45, 7) is 3.21. The quantitative estimate of drug-likeness (QED) is 0.591. The van der Waals surface area contributed by atoms with Crippen molar-refractivity contribution < 1.29 is 13.9 Å². The van der Waals surface area contributed by atoms with Gasteiger partial charge in [-0.2, -0.15) is 0 Å². The fourth-order valence-corrected chi connectivity index (χ4v) is 3.79. The normalized spacial score (nSPS) is 15.0. The highest BCUT2D eigenvalue weighted by Crippen LogP contribution is 2.34. The zero-order valence-electron chi connectivity index (χ0n) is 17.9. The molecular weight excluding hydrogens is 413 g/mol. The summed E-state index contributed by atoms with van der Waals surface area (Å²) in [5, 5.41) is 0. The smallest absolute Gasteiger partial charge is 0.308 e. The summed E-state index contributed by atoms with van der Waals surface area (Å²) in [5.74, 6) is -0.912. The third-order valence-electron chi connectivity index (χ3n) is 5.45. The minimum absolute atomic E-state index is 0.0942. The van der Waals surface area contributed by atoms with Crippen LogP contribution in [0, 0.1) is 5.82 Å². The van der Waals surface area contributed by atoms with Gasteiger partial charge in [0.2, 0.25) is 5.95 Å². The van der Waals surface area contributed by atoms with Crippen LogP contribution in [-0.4, -0.2) is 50.9 Å².